The molecule has 0 aliphatic heterocycles. The van der Waals surface area contributed by atoms with Crippen LogP contribution in [0.25, 0.3) is 0 Å². The Balaban J connectivity index is 1.60. The average molecular weight is 646 g/mol. The first kappa shape index (κ1) is 36.8. The van der Waals surface area contributed by atoms with Gasteiger partial charge in [-0.3, -0.25) is 9.59 Å². The highest BCUT2D eigenvalue weighted by atomic mass is 16.6. The molecule has 252 valence electrons. The predicted octanol–water partition coefficient (Wildman–Crippen LogP) is 5.24. The molecule has 0 saturated carbocycles. The minimum absolute atomic E-state index is 0.0666. The van der Waals surface area contributed by atoms with E-state index in [1.807, 2.05) is 91.0 Å². The van der Waals surface area contributed by atoms with Gasteiger partial charge < -0.3 is 30.2 Å². The quantitative estimate of drug-likeness (QED) is 0.0972. The summed E-state index contributed by atoms with van der Waals surface area (Å²) in [6.07, 6.45) is 1.69. The summed E-state index contributed by atoms with van der Waals surface area (Å²) in [5.41, 5.74) is 1.94. The van der Waals surface area contributed by atoms with Crippen LogP contribution in [0.3, 0.4) is 0 Å². The van der Waals surface area contributed by atoms with E-state index in [1.54, 1.807) is 20.8 Å². The molecule has 0 spiro atoms. The molecule has 10 heteroatoms. The van der Waals surface area contributed by atoms with E-state index < -0.39 is 41.6 Å². The minimum Gasteiger partial charge on any atom is -0.461 e. The van der Waals surface area contributed by atoms with Gasteiger partial charge in [-0.1, -0.05) is 97.4 Å². The Hall–Kier alpha value is -4.70. The van der Waals surface area contributed by atoms with E-state index in [-0.39, 0.29) is 26.1 Å². The number of alkyl carbamates (subject to hydrolysis) is 1. The van der Waals surface area contributed by atoms with E-state index >= 15 is 0 Å². The third-order valence-electron chi connectivity index (χ3n) is 6.95. The van der Waals surface area contributed by atoms with Crippen LogP contribution in [-0.4, -0.2) is 54.7 Å². The molecule has 3 aromatic carbocycles. The van der Waals surface area contributed by atoms with Crippen LogP contribution < -0.4 is 16.0 Å². The number of benzene rings is 3. The zero-order chi connectivity index (χ0) is 33.9. The second-order valence-corrected chi connectivity index (χ2v) is 12.2. The Morgan fingerprint density at radius 1 is 0.660 bits per heavy atom. The monoisotopic (exact) mass is 645 g/mol. The first-order valence-electron chi connectivity index (χ1n) is 16.0. The standard InChI is InChI=1S/C37H47N3O7/c1-37(2,3)47-36(44)39-23-15-7-14-22-38-31(25-33(41)45-26-29-18-10-5-11-19-29)34(42)40-32(24-28-16-8-4-9-17-28)35(43)46-27-30-20-12-6-13-21-30/h4-6,8-13,16-21,31-32,38H,7,14-15,22-27H2,1-3H3,(H,39,44)(H,40,42)/t31-,32-/m0/s1. The van der Waals surface area contributed by atoms with Gasteiger partial charge in [-0.15, -0.1) is 0 Å². The largest absolute Gasteiger partial charge is 0.461 e. The number of rotatable bonds is 18. The zero-order valence-electron chi connectivity index (χ0n) is 27.5. The average Bonchev–Trinajstić information content (AvgIpc) is 3.05. The van der Waals surface area contributed by atoms with Gasteiger partial charge in [-0.25, -0.2) is 9.59 Å². The minimum atomic E-state index is -0.975. The van der Waals surface area contributed by atoms with Crippen LogP contribution >= 0.6 is 0 Å². The van der Waals surface area contributed by atoms with Crippen LogP contribution in [-0.2, 0) is 48.2 Å². The number of hydrogen-bond acceptors (Lipinski definition) is 8. The Morgan fingerprint density at radius 2 is 1.19 bits per heavy atom. The molecule has 2 atom stereocenters. The topological polar surface area (TPSA) is 132 Å². The summed E-state index contributed by atoms with van der Waals surface area (Å²) in [4.78, 5) is 51.6. The van der Waals surface area contributed by atoms with Crippen LogP contribution in [0.1, 0.15) is 63.1 Å². The fourth-order valence-electron chi connectivity index (χ4n) is 4.57. The Bertz CT molecular complexity index is 1380. The number of esters is 2. The van der Waals surface area contributed by atoms with Crippen LogP contribution in [0.5, 0.6) is 0 Å². The van der Waals surface area contributed by atoms with Gasteiger partial charge in [0.05, 0.1) is 12.5 Å². The molecule has 47 heavy (non-hydrogen) atoms. The highest BCUT2D eigenvalue weighted by Crippen LogP contribution is 2.10. The molecule has 0 saturated heterocycles. The molecule has 3 rings (SSSR count). The highest BCUT2D eigenvalue weighted by molar-refractivity contribution is 5.90. The number of carbonyl (C=O) groups excluding carboxylic acids is 4. The lowest BCUT2D eigenvalue weighted by Gasteiger charge is -2.23. The summed E-state index contributed by atoms with van der Waals surface area (Å²) in [7, 11) is 0. The number of carbonyl (C=O) groups is 4. The number of amides is 2. The number of nitrogens with one attached hydrogen (secondary N) is 3. The molecule has 3 aromatic rings. The molecular weight excluding hydrogens is 598 g/mol. The second kappa shape index (κ2) is 19.7. The lowest BCUT2D eigenvalue weighted by molar-refractivity contribution is -0.150. The van der Waals surface area contributed by atoms with Crippen molar-refractivity contribution in [2.24, 2.45) is 0 Å². The van der Waals surface area contributed by atoms with Gasteiger partial charge >= 0.3 is 18.0 Å². The van der Waals surface area contributed by atoms with Crippen molar-refractivity contribution in [3.05, 3.63) is 108 Å². The lowest BCUT2D eigenvalue weighted by Crippen LogP contribution is -2.52. The second-order valence-electron chi connectivity index (χ2n) is 12.2. The van der Waals surface area contributed by atoms with Gasteiger partial charge in [-0.05, 0) is 56.8 Å². The highest BCUT2D eigenvalue weighted by Gasteiger charge is 2.29. The fourth-order valence-corrected chi connectivity index (χ4v) is 4.57. The third-order valence-corrected chi connectivity index (χ3v) is 6.95. The summed E-state index contributed by atoms with van der Waals surface area (Å²) < 4.78 is 16.3. The van der Waals surface area contributed by atoms with Crippen LogP contribution in [0.4, 0.5) is 4.79 Å². The molecule has 0 fully saturated rings. The van der Waals surface area contributed by atoms with E-state index in [1.165, 1.54) is 0 Å². The fraction of sp³-hybridized carbons (Fsp3) is 0.405. The third kappa shape index (κ3) is 15.4. The molecule has 0 heterocycles. The number of hydrogen-bond donors (Lipinski definition) is 3. The summed E-state index contributed by atoms with van der Waals surface area (Å²) in [6, 6.07) is 26.0. The van der Waals surface area contributed by atoms with E-state index in [0.717, 1.165) is 23.1 Å². The van der Waals surface area contributed by atoms with Gasteiger partial charge in [0.2, 0.25) is 5.91 Å². The van der Waals surface area contributed by atoms with Crippen molar-refractivity contribution in [3.63, 3.8) is 0 Å². The molecule has 3 N–H and O–H groups in total. The number of unbranched alkanes of at least 4 members (excludes halogenated alkanes) is 2. The van der Waals surface area contributed by atoms with Gasteiger partial charge in [-0.2, -0.15) is 0 Å². The molecule has 0 aliphatic rings. The Morgan fingerprint density at radius 3 is 1.77 bits per heavy atom. The molecule has 0 bridgehead atoms. The molecule has 2 amide bonds. The van der Waals surface area contributed by atoms with Gasteiger partial charge in [0.25, 0.3) is 0 Å². The summed E-state index contributed by atoms with van der Waals surface area (Å²) in [5, 5.41) is 8.73. The van der Waals surface area contributed by atoms with Gasteiger partial charge in [0.15, 0.2) is 0 Å². The molecule has 0 aliphatic carbocycles. The van der Waals surface area contributed by atoms with Crippen LogP contribution in [0.15, 0.2) is 91.0 Å². The van der Waals surface area contributed by atoms with Crippen molar-refractivity contribution < 1.29 is 33.4 Å². The molecular formula is C37H47N3O7. The van der Waals surface area contributed by atoms with Gasteiger partial charge in [0.1, 0.15) is 24.9 Å². The molecule has 0 radical (unpaired) electrons. The van der Waals surface area contributed by atoms with Crippen molar-refractivity contribution in [3.8, 4) is 0 Å². The van der Waals surface area contributed by atoms with E-state index in [4.69, 9.17) is 14.2 Å². The van der Waals surface area contributed by atoms with Crippen molar-refractivity contribution in [1.29, 1.82) is 0 Å². The first-order valence-corrected chi connectivity index (χ1v) is 16.0. The predicted molar refractivity (Wildman–Crippen MR) is 179 cm³/mol. The summed E-state index contributed by atoms with van der Waals surface area (Å²) in [5.74, 6) is -1.63. The molecule has 10 nitrogen and oxygen atoms in total. The lowest BCUT2D eigenvalue weighted by atomic mass is 10.0. The Labute approximate surface area is 277 Å². The summed E-state index contributed by atoms with van der Waals surface area (Å²) in [6.45, 7) is 6.45. The van der Waals surface area contributed by atoms with Crippen LogP contribution in [0.2, 0.25) is 0 Å². The van der Waals surface area contributed by atoms with E-state index in [9.17, 15) is 19.2 Å². The molecule has 0 aromatic heterocycles. The van der Waals surface area contributed by atoms with Crippen molar-refractivity contribution >= 4 is 23.9 Å². The maximum atomic E-state index is 13.6. The van der Waals surface area contributed by atoms with Crippen molar-refractivity contribution in [2.45, 2.75) is 83.8 Å². The maximum absolute atomic E-state index is 13.6. The van der Waals surface area contributed by atoms with E-state index in [2.05, 4.69) is 16.0 Å². The van der Waals surface area contributed by atoms with Gasteiger partial charge in [0, 0.05) is 13.0 Å². The van der Waals surface area contributed by atoms with E-state index in [0.29, 0.717) is 25.9 Å². The molecule has 0 unspecified atom stereocenters. The normalized spacial score (nSPS) is 12.3. The zero-order valence-corrected chi connectivity index (χ0v) is 27.5. The SMILES string of the molecule is CC(C)(C)OC(=O)NCCCCCN[C@@H](CC(=O)OCc1ccccc1)C(=O)N[C@@H](Cc1ccccc1)C(=O)OCc1ccccc1. The van der Waals surface area contributed by atoms with Crippen LogP contribution in [0, 0.1) is 0 Å². The Kier molecular flexibility index (Phi) is 15.4. The first-order chi connectivity index (χ1) is 22.6. The van der Waals surface area contributed by atoms with Crippen molar-refractivity contribution in [2.75, 3.05) is 13.1 Å². The summed E-state index contributed by atoms with van der Waals surface area (Å²) >= 11 is 0. The smallest absolute Gasteiger partial charge is 0.407 e. The van der Waals surface area contributed by atoms with Crippen molar-refractivity contribution in [1.82, 2.24) is 16.0 Å². The number of ether oxygens (including phenoxy) is 3. The maximum Gasteiger partial charge on any atom is 0.407 e.